The second-order valence-electron chi connectivity index (χ2n) is 4.29. The van der Waals surface area contributed by atoms with Crippen LogP contribution in [-0.4, -0.2) is 42.4 Å². The van der Waals surface area contributed by atoms with Gasteiger partial charge in [0.15, 0.2) is 0 Å². The summed E-state index contributed by atoms with van der Waals surface area (Å²) in [4.78, 5) is 24.4. The molecule has 0 heterocycles. The van der Waals surface area contributed by atoms with Gasteiger partial charge in [-0.3, -0.25) is 14.5 Å². The molecular formula is C12H19N3O2. The van der Waals surface area contributed by atoms with E-state index in [-0.39, 0.29) is 25.5 Å². The molecule has 0 radical (unpaired) electrons. The molecular weight excluding hydrogens is 218 g/mol. The number of amides is 2. The lowest BCUT2D eigenvalue weighted by Gasteiger charge is -2.26. The summed E-state index contributed by atoms with van der Waals surface area (Å²) < 4.78 is 0. The highest BCUT2D eigenvalue weighted by molar-refractivity contribution is 5.80. The van der Waals surface area contributed by atoms with Crippen molar-refractivity contribution < 1.29 is 9.59 Å². The fourth-order valence-corrected chi connectivity index (χ4v) is 2.17. The van der Waals surface area contributed by atoms with E-state index < -0.39 is 5.91 Å². The second kappa shape index (κ2) is 6.92. The summed E-state index contributed by atoms with van der Waals surface area (Å²) in [5.74, 6) is 1.78. The van der Waals surface area contributed by atoms with Gasteiger partial charge in [-0.1, -0.05) is 18.8 Å². The smallest absolute Gasteiger partial charge is 0.234 e. The first kappa shape index (κ1) is 13.5. The SMILES string of the molecule is C#CCNC(=O)CN(CC(N)=O)C1CCCC1. The van der Waals surface area contributed by atoms with E-state index in [0.717, 1.165) is 25.7 Å². The summed E-state index contributed by atoms with van der Waals surface area (Å²) in [6.07, 6.45) is 9.39. The predicted molar refractivity (Wildman–Crippen MR) is 64.9 cm³/mol. The summed E-state index contributed by atoms with van der Waals surface area (Å²) in [7, 11) is 0. The highest BCUT2D eigenvalue weighted by Crippen LogP contribution is 2.22. The molecule has 17 heavy (non-hydrogen) atoms. The molecule has 0 aromatic rings. The van der Waals surface area contributed by atoms with E-state index in [1.807, 2.05) is 4.90 Å². The number of primary amides is 1. The Morgan fingerprint density at radius 3 is 2.53 bits per heavy atom. The number of nitrogens with zero attached hydrogens (tertiary/aromatic N) is 1. The molecule has 5 heteroatoms. The standard InChI is InChI=1S/C12H19N3O2/c1-2-7-14-12(17)9-15(8-11(13)16)10-5-3-4-6-10/h1,10H,3-9H2,(H2,13,16)(H,14,17). The van der Waals surface area contributed by atoms with Crippen molar-refractivity contribution >= 4 is 11.8 Å². The number of hydrogen-bond donors (Lipinski definition) is 2. The van der Waals surface area contributed by atoms with Gasteiger partial charge in [0, 0.05) is 6.04 Å². The minimum Gasteiger partial charge on any atom is -0.369 e. The van der Waals surface area contributed by atoms with Crippen molar-refractivity contribution in [1.82, 2.24) is 10.2 Å². The maximum absolute atomic E-state index is 11.6. The van der Waals surface area contributed by atoms with Gasteiger partial charge in [0.05, 0.1) is 19.6 Å². The number of terminal acetylenes is 1. The Bertz CT molecular complexity index is 316. The molecule has 1 rings (SSSR count). The molecule has 0 aromatic heterocycles. The number of nitrogens with one attached hydrogen (secondary N) is 1. The number of carbonyl (C=O) groups is 2. The maximum atomic E-state index is 11.6. The fourth-order valence-electron chi connectivity index (χ4n) is 2.17. The number of rotatable bonds is 6. The van der Waals surface area contributed by atoms with Gasteiger partial charge in [0.2, 0.25) is 11.8 Å². The van der Waals surface area contributed by atoms with Crippen molar-refractivity contribution in [1.29, 1.82) is 0 Å². The van der Waals surface area contributed by atoms with Crippen LogP contribution >= 0.6 is 0 Å². The first-order valence-electron chi connectivity index (χ1n) is 5.86. The quantitative estimate of drug-likeness (QED) is 0.610. The van der Waals surface area contributed by atoms with Crippen LogP contribution in [0, 0.1) is 12.3 Å². The van der Waals surface area contributed by atoms with Crippen molar-refractivity contribution in [3.05, 3.63) is 0 Å². The minimum atomic E-state index is -0.401. The number of hydrogen-bond acceptors (Lipinski definition) is 3. The lowest BCUT2D eigenvalue weighted by atomic mass is 10.2. The molecule has 0 aliphatic heterocycles. The Morgan fingerprint density at radius 1 is 1.35 bits per heavy atom. The number of nitrogens with two attached hydrogens (primary N) is 1. The van der Waals surface area contributed by atoms with Crippen LogP contribution in [0.15, 0.2) is 0 Å². The van der Waals surface area contributed by atoms with E-state index in [1.165, 1.54) is 0 Å². The summed E-state index contributed by atoms with van der Waals surface area (Å²) in [6.45, 7) is 0.539. The van der Waals surface area contributed by atoms with Gasteiger partial charge in [0.1, 0.15) is 0 Å². The van der Waals surface area contributed by atoms with Gasteiger partial charge in [-0.25, -0.2) is 0 Å². The number of carbonyl (C=O) groups excluding carboxylic acids is 2. The highest BCUT2D eigenvalue weighted by atomic mass is 16.2. The zero-order valence-corrected chi connectivity index (χ0v) is 9.95. The maximum Gasteiger partial charge on any atom is 0.234 e. The van der Waals surface area contributed by atoms with E-state index in [2.05, 4.69) is 11.2 Å². The Kier molecular flexibility index (Phi) is 5.50. The van der Waals surface area contributed by atoms with Crippen LogP contribution in [-0.2, 0) is 9.59 Å². The third-order valence-corrected chi connectivity index (χ3v) is 2.93. The van der Waals surface area contributed by atoms with Gasteiger partial charge in [-0.2, -0.15) is 0 Å². The summed E-state index contributed by atoms with van der Waals surface area (Å²) >= 11 is 0. The first-order chi connectivity index (χ1) is 8.13. The second-order valence-corrected chi connectivity index (χ2v) is 4.29. The monoisotopic (exact) mass is 237 g/mol. The van der Waals surface area contributed by atoms with Crippen LogP contribution in [0.5, 0.6) is 0 Å². The van der Waals surface area contributed by atoms with Crippen molar-refractivity contribution in [3.8, 4) is 12.3 Å². The molecule has 0 saturated heterocycles. The Morgan fingerprint density at radius 2 is 2.00 bits per heavy atom. The van der Waals surface area contributed by atoms with Gasteiger partial charge in [0.25, 0.3) is 0 Å². The molecule has 0 bridgehead atoms. The van der Waals surface area contributed by atoms with Crippen molar-refractivity contribution in [2.24, 2.45) is 5.73 Å². The van der Waals surface area contributed by atoms with Crippen molar-refractivity contribution in [3.63, 3.8) is 0 Å². The van der Waals surface area contributed by atoms with Gasteiger partial charge >= 0.3 is 0 Å². The molecule has 1 saturated carbocycles. The molecule has 5 nitrogen and oxygen atoms in total. The average molecular weight is 237 g/mol. The molecule has 2 amide bonds. The summed E-state index contributed by atoms with van der Waals surface area (Å²) in [5, 5.41) is 2.59. The molecule has 3 N–H and O–H groups in total. The lowest BCUT2D eigenvalue weighted by Crippen LogP contribution is -2.45. The molecule has 0 unspecified atom stereocenters. The molecule has 1 aliphatic carbocycles. The third kappa shape index (κ3) is 4.87. The van der Waals surface area contributed by atoms with Crippen LogP contribution in [0.25, 0.3) is 0 Å². The Labute approximate surface area is 102 Å². The Balaban J connectivity index is 2.48. The van der Waals surface area contributed by atoms with Gasteiger partial charge < -0.3 is 11.1 Å². The van der Waals surface area contributed by atoms with E-state index in [1.54, 1.807) is 0 Å². The third-order valence-electron chi connectivity index (χ3n) is 2.93. The van der Waals surface area contributed by atoms with Crippen LogP contribution in [0.1, 0.15) is 25.7 Å². The molecule has 94 valence electrons. The van der Waals surface area contributed by atoms with Gasteiger partial charge in [-0.05, 0) is 12.8 Å². The molecule has 0 aromatic carbocycles. The van der Waals surface area contributed by atoms with Crippen LogP contribution < -0.4 is 11.1 Å². The average Bonchev–Trinajstić information content (AvgIpc) is 2.78. The topological polar surface area (TPSA) is 75.4 Å². The predicted octanol–water partition coefficient (Wildman–Crippen LogP) is -0.534. The van der Waals surface area contributed by atoms with Gasteiger partial charge in [-0.15, -0.1) is 6.42 Å². The van der Waals surface area contributed by atoms with E-state index in [0.29, 0.717) is 6.04 Å². The zero-order valence-electron chi connectivity index (χ0n) is 9.95. The lowest BCUT2D eigenvalue weighted by molar-refractivity contribution is -0.124. The van der Waals surface area contributed by atoms with Crippen LogP contribution in [0.3, 0.4) is 0 Å². The molecule has 1 fully saturated rings. The fraction of sp³-hybridized carbons (Fsp3) is 0.667. The van der Waals surface area contributed by atoms with E-state index in [4.69, 9.17) is 12.2 Å². The first-order valence-corrected chi connectivity index (χ1v) is 5.86. The normalized spacial score (nSPS) is 15.8. The summed E-state index contributed by atoms with van der Waals surface area (Å²) in [6, 6.07) is 0.291. The van der Waals surface area contributed by atoms with Crippen molar-refractivity contribution in [2.75, 3.05) is 19.6 Å². The van der Waals surface area contributed by atoms with E-state index >= 15 is 0 Å². The summed E-state index contributed by atoms with van der Waals surface area (Å²) in [5.41, 5.74) is 5.19. The molecule has 1 aliphatic rings. The molecule has 0 atom stereocenters. The van der Waals surface area contributed by atoms with E-state index in [9.17, 15) is 9.59 Å². The highest BCUT2D eigenvalue weighted by Gasteiger charge is 2.25. The minimum absolute atomic E-state index is 0.133. The van der Waals surface area contributed by atoms with Crippen molar-refractivity contribution in [2.45, 2.75) is 31.7 Å². The van der Waals surface area contributed by atoms with Crippen LogP contribution in [0.4, 0.5) is 0 Å². The van der Waals surface area contributed by atoms with Crippen LogP contribution in [0.2, 0.25) is 0 Å². The largest absolute Gasteiger partial charge is 0.369 e. The molecule has 0 spiro atoms. The zero-order chi connectivity index (χ0) is 12.7. The Hall–Kier alpha value is -1.54.